The Labute approximate surface area is 151 Å². The molecular formula is C17H37N5O3. The first-order valence-electron chi connectivity index (χ1n) is 9.76. The summed E-state index contributed by atoms with van der Waals surface area (Å²) in [5.41, 5.74) is 0. The van der Waals surface area contributed by atoms with Gasteiger partial charge >= 0.3 is 0 Å². The van der Waals surface area contributed by atoms with E-state index in [0.29, 0.717) is 25.2 Å². The molecule has 1 heterocycles. The molecule has 2 rings (SSSR count). The second-order valence-corrected chi connectivity index (χ2v) is 7.27. The maximum absolute atomic E-state index is 9.63. The Morgan fingerprint density at radius 3 is 1.56 bits per heavy atom. The van der Waals surface area contributed by atoms with Crippen LogP contribution in [0.4, 0.5) is 0 Å². The summed E-state index contributed by atoms with van der Waals surface area (Å²) in [6.07, 6.45) is 4.83. The van der Waals surface area contributed by atoms with Crippen molar-refractivity contribution in [1.29, 1.82) is 0 Å². The van der Waals surface area contributed by atoms with Crippen LogP contribution in [0.25, 0.3) is 0 Å². The molecule has 8 heteroatoms. The summed E-state index contributed by atoms with van der Waals surface area (Å²) in [6.45, 7) is 3.70. The third-order valence-corrected chi connectivity index (χ3v) is 5.32. The molecule has 5 atom stereocenters. The van der Waals surface area contributed by atoms with E-state index in [9.17, 15) is 15.3 Å². The number of aliphatic hydroxyl groups is 3. The van der Waals surface area contributed by atoms with Crippen LogP contribution in [-0.2, 0) is 0 Å². The number of fused-ring (bicyclic) bond motifs is 1. The van der Waals surface area contributed by atoms with Crippen molar-refractivity contribution < 1.29 is 15.3 Å². The van der Waals surface area contributed by atoms with Gasteiger partial charge in [0.05, 0.1) is 19.8 Å². The third kappa shape index (κ3) is 7.44. The van der Waals surface area contributed by atoms with Gasteiger partial charge in [-0.05, 0) is 12.8 Å². The fraction of sp³-hybridized carbons (Fsp3) is 1.00. The minimum Gasteiger partial charge on any atom is -0.395 e. The van der Waals surface area contributed by atoms with Gasteiger partial charge in [-0.2, -0.15) is 0 Å². The van der Waals surface area contributed by atoms with Gasteiger partial charge in [-0.25, -0.2) is 0 Å². The average molecular weight is 360 g/mol. The lowest BCUT2D eigenvalue weighted by molar-refractivity contribution is 0.196. The van der Waals surface area contributed by atoms with Gasteiger partial charge in [0.25, 0.3) is 0 Å². The second-order valence-electron chi connectivity index (χ2n) is 7.27. The van der Waals surface area contributed by atoms with Gasteiger partial charge in [-0.1, -0.05) is 12.8 Å². The van der Waals surface area contributed by atoms with Crippen molar-refractivity contribution in [2.45, 2.75) is 55.9 Å². The zero-order chi connectivity index (χ0) is 17.9. The molecule has 8 N–H and O–H groups in total. The summed E-state index contributed by atoms with van der Waals surface area (Å²) < 4.78 is 0. The lowest BCUT2D eigenvalue weighted by atomic mass is 9.90. The highest BCUT2D eigenvalue weighted by Gasteiger charge is 2.25. The molecule has 0 aromatic carbocycles. The van der Waals surface area contributed by atoms with Crippen LogP contribution in [0.5, 0.6) is 0 Å². The van der Waals surface area contributed by atoms with Crippen molar-refractivity contribution >= 4 is 0 Å². The topological polar surface area (TPSA) is 121 Å². The average Bonchev–Trinajstić information content (AvgIpc) is 2.66. The molecule has 0 unspecified atom stereocenters. The Kier molecular flexibility index (Phi) is 10.2. The van der Waals surface area contributed by atoms with E-state index in [-0.39, 0.29) is 37.9 Å². The predicted octanol–water partition coefficient (Wildman–Crippen LogP) is -2.66. The SMILES string of the molecule is OC[C@H]1CN[C@@H](CO)CN[C@@H](CO)CN[C@@H]2CCCC[C@H]2NCCN1. The standard InChI is InChI=1S/C17H37N5O3/c23-10-13-7-20-14(11-24)8-21-15(12-25)9-22-17-4-2-1-3-16(17)19-6-5-18-13/h13-25H,1-12H2/t13-,14-,15-,16-,17-/m1/s1. The highest BCUT2D eigenvalue weighted by Crippen LogP contribution is 2.18. The lowest BCUT2D eigenvalue weighted by Crippen LogP contribution is -2.55. The molecule has 8 nitrogen and oxygen atoms in total. The van der Waals surface area contributed by atoms with Crippen LogP contribution < -0.4 is 26.6 Å². The van der Waals surface area contributed by atoms with E-state index in [2.05, 4.69) is 26.6 Å². The summed E-state index contributed by atoms with van der Waals surface area (Å²) in [7, 11) is 0. The van der Waals surface area contributed by atoms with E-state index in [0.717, 1.165) is 26.1 Å². The van der Waals surface area contributed by atoms with Gasteiger partial charge in [0, 0.05) is 62.9 Å². The molecule has 2 aliphatic rings. The smallest absolute Gasteiger partial charge is 0.0597 e. The fourth-order valence-corrected chi connectivity index (χ4v) is 3.67. The Morgan fingerprint density at radius 1 is 0.560 bits per heavy atom. The molecule has 1 saturated carbocycles. The van der Waals surface area contributed by atoms with Gasteiger partial charge < -0.3 is 41.9 Å². The summed E-state index contributed by atoms with van der Waals surface area (Å²) in [5.74, 6) is 0. The number of rotatable bonds is 3. The first kappa shape index (κ1) is 21.0. The summed E-state index contributed by atoms with van der Waals surface area (Å²) in [4.78, 5) is 0. The molecule has 1 aliphatic heterocycles. The predicted molar refractivity (Wildman–Crippen MR) is 98.7 cm³/mol. The monoisotopic (exact) mass is 359 g/mol. The van der Waals surface area contributed by atoms with Crippen LogP contribution in [0.15, 0.2) is 0 Å². The van der Waals surface area contributed by atoms with Gasteiger partial charge in [-0.3, -0.25) is 0 Å². The Hall–Kier alpha value is -0.320. The lowest BCUT2D eigenvalue weighted by Gasteiger charge is -2.34. The van der Waals surface area contributed by atoms with Gasteiger partial charge in [0.1, 0.15) is 0 Å². The van der Waals surface area contributed by atoms with Crippen molar-refractivity contribution in [3.05, 3.63) is 0 Å². The van der Waals surface area contributed by atoms with E-state index < -0.39 is 0 Å². The number of hydrogen-bond acceptors (Lipinski definition) is 8. The van der Waals surface area contributed by atoms with Gasteiger partial charge in [0.2, 0.25) is 0 Å². The molecule has 0 radical (unpaired) electrons. The minimum atomic E-state index is -0.101. The summed E-state index contributed by atoms with van der Waals surface area (Å²) in [6, 6.07) is 0.715. The maximum atomic E-state index is 9.63. The molecule has 148 valence electrons. The fourth-order valence-electron chi connectivity index (χ4n) is 3.67. The van der Waals surface area contributed by atoms with Crippen molar-refractivity contribution in [2.75, 3.05) is 52.5 Å². The van der Waals surface area contributed by atoms with Crippen molar-refractivity contribution in [3.8, 4) is 0 Å². The molecule has 2 fully saturated rings. The second kappa shape index (κ2) is 12.1. The molecule has 0 aromatic rings. The number of nitrogens with one attached hydrogen (secondary N) is 5. The van der Waals surface area contributed by atoms with E-state index in [4.69, 9.17) is 0 Å². The Balaban J connectivity index is 1.95. The Bertz CT molecular complexity index is 350. The Morgan fingerprint density at radius 2 is 1.00 bits per heavy atom. The van der Waals surface area contributed by atoms with E-state index in [1.54, 1.807) is 0 Å². The highest BCUT2D eigenvalue weighted by atomic mass is 16.3. The molecule has 0 spiro atoms. The molecule has 0 amide bonds. The number of aliphatic hydroxyl groups excluding tert-OH is 3. The maximum Gasteiger partial charge on any atom is 0.0597 e. The molecule has 1 aliphatic carbocycles. The molecule has 0 aromatic heterocycles. The van der Waals surface area contributed by atoms with Crippen LogP contribution >= 0.6 is 0 Å². The molecular weight excluding hydrogens is 322 g/mol. The van der Waals surface area contributed by atoms with Crippen LogP contribution in [-0.4, -0.2) is 98.1 Å². The van der Waals surface area contributed by atoms with Crippen LogP contribution in [0.3, 0.4) is 0 Å². The van der Waals surface area contributed by atoms with Crippen molar-refractivity contribution in [3.63, 3.8) is 0 Å². The zero-order valence-corrected chi connectivity index (χ0v) is 15.2. The van der Waals surface area contributed by atoms with Crippen LogP contribution in [0.1, 0.15) is 25.7 Å². The highest BCUT2D eigenvalue weighted by molar-refractivity contribution is 4.88. The first-order valence-corrected chi connectivity index (χ1v) is 9.76. The van der Waals surface area contributed by atoms with Crippen LogP contribution in [0, 0.1) is 0 Å². The normalized spacial score (nSPS) is 36.8. The van der Waals surface area contributed by atoms with Gasteiger partial charge in [0.15, 0.2) is 0 Å². The van der Waals surface area contributed by atoms with Crippen molar-refractivity contribution in [1.82, 2.24) is 26.6 Å². The number of hydrogen-bond donors (Lipinski definition) is 8. The van der Waals surface area contributed by atoms with Gasteiger partial charge in [-0.15, -0.1) is 0 Å². The molecule has 1 saturated heterocycles. The summed E-state index contributed by atoms with van der Waals surface area (Å²) in [5, 5.41) is 45.9. The van der Waals surface area contributed by atoms with Crippen LogP contribution in [0.2, 0.25) is 0 Å². The van der Waals surface area contributed by atoms with E-state index >= 15 is 0 Å². The zero-order valence-electron chi connectivity index (χ0n) is 15.2. The first-order chi connectivity index (χ1) is 12.3. The van der Waals surface area contributed by atoms with E-state index in [1.807, 2.05) is 0 Å². The van der Waals surface area contributed by atoms with E-state index in [1.165, 1.54) is 19.3 Å². The molecule has 25 heavy (non-hydrogen) atoms. The quantitative estimate of drug-likeness (QED) is 0.275. The minimum absolute atomic E-state index is 0.0168. The largest absolute Gasteiger partial charge is 0.395 e. The van der Waals surface area contributed by atoms with Crippen molar-refractivity contribution in [2.24, 2.45) is 0 Å². The molecule has 0 bridgehead atoms. The summed E-state index contributed by atoms with van der Waals surface area (Å²) >= 11 is 0. The third-order valence-electron chi connectivity index (χ3n) is 5.32.